The maximum atomic E-state index is 12.2. The Morgan fingerprint density at radius 2 is 1.96 bits per heavy atom. The van der Waals surface area contributed by atoms with Gasteiger partial charge < -0.3 is 19.6 Å². The first-order chi connectivity index (χ1) is 12.0. The standard InChI is InChI=1S/C19H24ClNO4.ClH/c1-11(2)21-9-12(22)10-24-18-8-17-15(7-16(18)20)13-5-3-4-6-14(13)19(23)25-17;/h7-8,11-12,21-22H,3-6,9-10H2,1-2H3;1H. The van der Waals surface area contributed by atoms with Gasteiger partial charge in [-0.3, -0.25) is 0 Å². The lowest BCUT2D eigenvalue weighted by molar-refractivity contribution is 0.105. The highest BCUT2D eigenvalue weighted by molar-refractivity contribution is 6.32. The van der Waals surface area contributed by atoms with Gasteiger partial charge in [0.15, 0.2) is 0 Å². The van der Waals surface area contributed by atoms with E-state index in [0.717, 1.165) is 42.2 Å². The SMILES string of the molecule is CC(C)NCC(O)COc1cc2oc(=O)c3c(c2cc1Cl)CCCC3.Cl. The lowest BCUT2D eigenvalue weighted by atomic mass is 9.91. The zero-order valence-electron chi connectivity index (χ0n) is 15.0. The molecule has 1 atom stereocenters. The molecule has 5 nitrogen and oxygen atoms in total. The van der Waals surface area contributed by atoms with Gasteiger partial charge in [0.2, 0.25) is 0 Å². The molecule has 3 rings (SSSR count). The van der Waals surface area contributed by atoms with Crippen LogP contribution in [0, 0.1) is 0 Å². The molecule has 0 saturated heterocycles. The summed E-state index contributed by atoms with van der Waals surface area (Å²) in [7, 11) is 0. The van der Waals surface area contributed by atoms with Crippen LogP contribution in [0.2, 0.25) is 5.02 Å². The lowest BCUT2D eigenvalue weighted by Crippen LogP contribution is -2.35. The van der Waals surface area contributed by atoms with E-state index in [1.165, 1.54) is 0 Å². The lowest BCUT2D eigenvalue weighted by Gasteiger charge is -2.18. The number of aliphatic hydroxyl groups excluding tert-OH is 1. The molecule has 1 heterocycles. The number of halogens is 2. The highest BCUT2D eigenvalue weighted by atomic mass is 35.5. The molecule has 1 aromatic carbocycles. The number of aliphatic hydroxyl groups is 1. The fourth-order valence-electron chi connectivity index (χ4n) is 3.17. The minimum atomic E-state index is -0.648. The van der Waals surface area contributed by atoms with Crippen molar-refractivity contribution >= 4 is 35.0 Å². The van der Waals surface area contributed by atoms with E-state index in [9.17, 15) is 9.90 Å². The summed E-state index contributed by atoms with van der Waals surface area (Å²) < 4.78 is 11.1. The Bertz CT molecular complexity index is 819. The van der Waals surface area contributed by atoms with Crippen LogP contribution in [0.3, 0.4) is 0 Å². The molecule has 0 bridgehead atoms. The van der Waals surface area contributed by atoms with Crippen molar-refractivity contribution in [2.45, 2.75) is 51.7 Å². The van der Waals surface area contributed by atoms with Crippen LogP contribution >= 0.6 is 24.0 Å². The molecule has 1 unspecified atom stereocenters. The third-order valence-corrected chi connectivity index (χ3v) is 4.76. The maximum absolute atomic E-state index is 12.2. The highest BCUT2D eigenvalue weighted by Crippen LogP contribution is 2.34. The summed E-state index contributed by atoms with van der Waals surface area (Å²) in [5.74, 6) is 0.414. The van der Waals surface area contributed by atoms with Crippen LogP contribution in [-0.2, 0) is 12.8 Å². The normalized spacial score (nSPS) is 14.8. The van der Waals surface area contributed by atoms with Crippen molar-refractivity contribution in [3.63, 3.8) is 0 Å². The third-order valence-electron chi connectivity index (χ3n) is 4.47. The van der Waals surface area contributed by atoms with Crippen LogP contribution in [0.4, 0.5) is 0 Å². The summed E-state index contributed by atoms with van der Waals surface area (Å²) in [6, 6.07) is 3.74. The zero-order valence-corrected chi connectivity index (χ0v) is 16.6. The molecule has 7 heteroatoms. The summed E-state index contributed by atoms with van der Waals surface area (Å²) in [5, 5.41) is 14.4. The van der Waals surface area contributed by atoms with Gasteiger partial charge in [0.05, 0.1) is 5.02 Å². The molecule has 2 aromatic rings. The van der Waals surface area contributed by atoms with Gasteiger partial charge in [-0.2, -0.15) is 0 Å². The Kier molecular flexibility index (Phi) is 7.35. The largest absolute Gasteiger partial charge is 0.489 e. The van der Waals surface area contributed by atoms with E-state index >= 15 is 0 Å². The van der Waals surface area contributed by atoms with Crippen LogP contribution in [0.25, 0.3) is 11.0 Å². The molecule has 1 aromatic heterocycles. The van der Waals surface area contributed by atoms with Gasteiger partial charge in [-0.05, 0) is 37.3 Å². The van der Waals surface area contributed by atoms with Gasteiger partial charge in [0.1, 0.15) is 24.0 Å². The van der Waals surface area contributed by atoms with Crippen molar-refractivity contribution < 1.29 is 14.3 Å². The van der Waals surface area contributed by atoms with E-state index in [1.54, 1.807) is 12.1 Å². The number of hydrogen-bond acceptors (Lipinski definition) is 5. The topological polar surface area (TPSA) is 71.7 Å². The second-order valence-electron chi connectivity index (χ2n) is 6.86. The Morgan fingerprint density at radius 3 is 2.65 bits per heavy atom. The average molecular weight is 402 g/mol. The van der Waals surface area contributed by atoms with Crippen LogP contribution in [0.15, 0.2) is 21.3 Å². The van der Waals surface area contributed by atoms with Crippen molar-refractivity contribution in [2.75, 3.05) is 13.2 Å². The van der Waals surface area contributed by atoms with E-state index < -0.39 is 6.10 Å². The quantitative estimate of drug-likeness (QED) is 0.724. The van der Waals surface area contributed by atoms with E-state index in [2.05, 4.69) is 5.32 Å². The van der Waals surface area contributed by atoms with Crippen molar-refractivity contribution in [1.82, 2.24) is 5.32 Å². The number of aryl methyl sites for hydroxylation is 1. The van der Waals surface area contributed by atoms with Crippen LogP contribution in [0.1, 0.15) is 37.8 Å². The third kappa shape index (κ3) is 4.71. The fourth-order valence-corrected chi connectivity index (χ4v) is 3.39. The first-order valence-corrected chi connectivity index (χ1v) is 9.16. The van der Waals surface area contributed by atoms with Crippen molar-refractivity contribution in [3.8, 4) is 5.75 Å². The average Bonchev–Trinajstić information content (AvgIpc) is 2.59. The molecule has 2 N–H and O–H groups in total. The summed E-state index contributed by atoms with van der Waals surface area (Å²) in [6.07, 6.45) is 3.06. The monoisotopic (exact) mass is 401 g/mol. The number of benzene rings is 1. The summed E-state index contributed by atoms with van der Waals surface area (Å²) in [4.78, 5) is 12.2. The van der Waals surface area contributed by atoms with Gasteiger partial charge >= 0.3 is 5.63 Å². The second-order valence-corrected chi connectivity index (χ2v) is 7.27. The van der Waals surface area contributed by atoms with E-state index in [-0.39, 0.29) is 24.6 Å². The highest BCUT2D eigenvalue weighted by Gasteiger charge is 2.19. The number of rotatable bonds is 6. The van der Waals surface area contributed by atoms with Crippen LogP contribution < -0.4 is 15.7 Å². The van der Waals surface area contributed by atoms with Crippen molar-refractivity contribution in [2.24, 2.45) is 0 Å². The van der Waals surface area contributed by atoms with Crippen molar-refractivity contribution in [3.05, 3.63) is 38.7 Å². The molecule has 0 aliphatic heterocycles. The number of hydrogen-bond donors (Lipinski definition) is 2. The predicted molar refractivity (Wildman–Crippen MR) is 106 cm³/mol. The van der Waals surface area contributed by atoms with E-state index in [1.807, 2.05) is 13.8 Å². The molecule has 0 saturated carbocycles. The number of nitrogens with one attached hydrogen (secondary N) is 1. The predicted octanol–water partition coefficient (Wildman–Crippen LogP) is 3.48. The van der Waals surface area contributed by atoms with E-state index in [0.29, 0.717) is 28.9 Å². The maximum Gasteiger partial charge on any atom is 0.339 e. The van der Waals surface area contributed by atoms with Crippen LogP contribution in [-0.4, -0.2) is 30.4 Å². The zero-order chi connectivity index (χ0) is 18.0. The second kappa shape index (κ2) is 9.09. The molecule has 144 valence electrons. The molecule has 0 amide bonds. The van der Waals surface area contributed by atoms with Gasteiger partial charge in [0, 0.05) is 29.6 Å². The minimum absolute atomic E-state index is 0. The molecule has 0 spiro atoms. The molecular formula is C19H25Cl2NO4. The molecule has 1 aliphatic carbocycles. The number of ether oxygens (including phenoxy) is 1. The van der Waals surface area contributed by atoms with Gasteiger partial charge in [0.25, 0.3) is 0 Å². The van der Waals surface area contributed by atoms with Gasteiger partial charge in [-0.15, -0.1) is 12.4 Å². The Hall–Kier alpha value is -1.27. The van der Waals surface area contributed by atoms with Crippen LogP contribution in [0.5, 0.6) is 5.75 Å². The van der Waals surface area contributed by atoms with Gasteiger partial charge in [-0.25, -0.2) is 4.79 Å². The molecule has 1 aliphatic rings. The first-order valence-electron chi connectivity index (χ1n) is 8.78. The summed E-state index contributed by atoms with van der Waals surface area (Å²) >= 11 is 6.35. The summed E-state index contributed by atoms with van der Waals surface area (Å²) in [6.45, 7) is 4.57. The smallest absolute Gasteiger partial charge is 0.339 e. The molecule has 0 radical (unpaired) electrons. The Labute approximate surface area is 164 Å². The van der Waals surface area contributed by atoms with E-state index in [4.69, 9.17) is 20.8 Å². The summed E-state index contributed by atoms with van der Waals surface area (Å²) in [5.41, 5.74) is 2.04. The molecule has 0 fully saturated rings. The Balaban J connectivity index is 0.00000243. The van der Waals surface area contributed by atoms with Crippen molar-refractivity contribution in [1.29, 1.82) is 0 Å². The molecular weight excluding hydrogens is 377 g/mol. The Morgan fingerprint density at radius 1 is 1.27 bits per heavy atom. The fraction of sp³-hybridized carbons (Fsp3) is 0.526. The first kappa shape index (κ1) is 21.0. The van der Waals surface area contributed by atoms with Gasteiger partial charge in [-0.1, -0.05) is 25.4 Å². The minimum Gasteiger partial charge on any atom is -0.489 e. The molecule has 26 heavy (non-hydrogen) atoms. The number of fused-ring (bicyclic) bond motifs is 3.